The van der Waals surface area contributed by atoms with Crippen LogP contribution in [0, 0.1) is 0 Å². The maximum absolute atomic E-state index is 9.42. The van der Waals surface area contributed by atoms with Gasteiger partial charge >= 0.3 is 0 Å². The minimum absolute atomic E-state index is 0.566. The molecular weight excluding hydrogens is 218 g/mol. The zero-order chi connectivity index (χ0) is 8.97. The lowest BCUT2D eigenvalue weighted by atomic mass is 10.1. The average molecular weight is 230 g/mol. The van der Waals surface area contributed by atoms with Crippen LogP contribution in [0.2, 0.25) is 0 Å². The van der Waals surface area contributed by atoms with Crippen molar-refractivity contribution < 1.29 is 5.11 Å². The van der Waals surface area contributed by atoms with Gasteiger partial charge in [-0.25, -0.2) is 0 Å². The van der Waals surface area contributed by atoms with Crippen molar-refractivity contribution in [3.63, 3.8) is 0 Å². The van der Waals surface area contributed by atoms with E-state index in [1.807, 2.05) is 24.3 Å². The van der Waals surface area contributed by atoms with Crippen LogP contribution in [0.4, 0.5) is 0 Å². The largest absolute Gasteiger partial charge is 0.374 e. The minimum Gasteiger partial charge on any atom is -0.374 e. The van der Waals surface area contributed by atoms with Crippen LogP contribution >= 0.6 is 15.9 Å². The summed E-state index contributed by atoms with van der Waals surface area (Å²) in [6.07, 6.45) is -0.566. The number of alkyl halides is 1. The molecular formula is C9H12BrNO. The lowest BCUT2D eigenvalue weighted by Gasteiger charge is -2.09. The van der Waals surface area contributed by atoms with E-state index in [4.69, 9.17) is 0 Å². The monoisotopic (exact) mass is 229 g/mol. The van der Waals surface area contributed by atoms with Crippen LogP contribution in [-0.2, 0) is 5.33 Å². The number of hydrogen-bond donors (Lipinski definition) is 2. The van der Waals surface area contributed by atoms with Gasteiger partial charge in [-0.3, -0.25) is 5.32 Å². The van der Waals surface area contributed by atoms with Gasteiger partial charge in [-0.1, -0.05) is 40.2 Å². The molecule has 2 nitrogen and oxygen atoms in total. The molecule has 2 N–H and O–H groups in total. The smallest absolute Gasteiger partial charge is 0.130 e. The highest BCUT2D eigenvalue weighted by molar-refractivity contribution is 9.08. The molecule has 0 aliphatic heterocycles. The summed E-state index contributed by atoms with van der Waals surface area (Å²) in [5.41, 5.74) is 2.07. The predicted octanol–water partition coefficient (Wildman–Crippen LogP) is 1.79. The van der Waals surface area contributed by atoms with Crippen LogP contribution in [0.15, 0.2) is 24.3 Å². The standard InChI is InChI=1S/C9H12BrNO/c1-11-9(12)8-4-2-3-7(5-8)6-10/h2-5,9,11-12H,6H2,1H3. The highest BCUT2D eigenvalue weighted by Gasteiger charge is 2.03. The molecule has 0 spiro atoms. The molecule has 0 fully saturated rings. The fourth-order valence-corrected chi connectivity index (χ4v) is 1.36. The molecule has 0 aromatic heterocycles. The molecule has 1 atom stereocenters. The summed E-state index contributed by atoms with van der Waals surface area (Å²) in [6.45, 7) is 0. The number of hydrogen-bond acceptors (Lipinski definition) is 2. The fraction of sp³-hybridized carbons (Fsp3) is 0.333. The third-order valence-electron chi connectivity index (χ3n) is 1.69. The maximum atomic E-state index is 9.42. The first kappa shape index (κ1) is 9.71. The van der Waals surface area contributed by atoms with E-state index in [0.29, 0.717) is 0 Å². The van der Waals surface area contributed by atoms with Crippen molar-refractivity contribution in [1.29, 1.82) is 0 Å². The Morgan fingerprint density at radius 1 is 1.58 bits per heavy atom. The Bertz CT molecular complexity index is 252. The first-order chi connectivity index (χ1) is 5.77. The van der Waals surface area contributed by atoms with Crippen molar-refractivity contribution in [2.45, 2.75) is 11.6 Å². The van der Waals surface area contributed by atoms with Gasteiger partial charge in [-0.05, 0) is 18.2 Å². The van der Waals surface area contributed by atoms with Gasteiger partial charge in [0.25, 0.3) is 0 Å². The zero-order valence-corrected chi connectivity index (χ0v) is 8.51. The first-order valence-electron chi connectivity index (χ1n) is 3.78. The van der Waals surface area contributed by atoms with Crippen LogP contribution in [0.3, 0.4) is 0 Å². The Labute approximate surface area is 80.7 Å². The van der Waals surface area contributed by atoms with Crippen LogP contribution < -0.4 is 5.32 Å². The molecule has 1 unspecified atom stereocenters. The molecule has 0 aliphatic carbocycles. The van der Waals surface area contributed by atoms with Gasteiger partial charge in [0.05, 0.1) is 0 Å². The van der Waals surface area contributed by atoms with Crippen molar-refractivity contribution in [3.05, 3.63) is 35.4 Å². The van der Waals surface area contributed by atoms with Gasteiger partial charge < -0.3 is 5.11 Å². The molecule has 0 radical (unpaired) electrons. The third kappa shape index (κ3) is 2.30. The minimum atomic E-state index is -0.566. The van der Waals surface area contributed by atoms with E-state index in [2.05, 4.69) is 21.2 Å². The first-order valence-corrected chi connectivity index (χ1v) is 4.90. The molecule has 0 saturated heterocycles. The summed E-state index contributed by atoms with van der Waals surface area (Å²) < 4.78 is 0. The summed E-state index contributed by atoms with van der Waals surface area (Å²) in [5.74, 6) is 0. The van der Waals surface area contributed by atoms with E-state index in [1.54, 1.807) is 7.05 Å². The quantitative estimate of drug-likeness (QED) is 0.612. The highest BCUT2D eigenvalue weighted by Crippen LogP contribution is 2.13. The summed E-state index contributed by atoms with van der Waals surface area (Å²) in [5, 5.41) is 13.0. The topological polar surface area (TPSA) is 32.3 Å². The van der Waals surface area contributed by atoms with Crippen LogP contribution in [-0.4, -0.2) is 12.2 Å². The van der Waals surface area contributed by atoms with Gasteiger partial charge in [0.1, 0.15) is 6.23 Å². The normalized spacial score (nSPS) is 12.9. The highest BCUT2D eigenvalue weighted by atomic mass is 79.9. The number of aliphatic hydroxyl groups is 1. The molecule has 12 heavy (non-hydrogen) atoms. The SMILES string of the molecule is CNC(O)c1cccc(CBr)c1. The van der Waals surface area contributed by atoms with Gasteiger partial charge in [-0.15, -0.1) is 0 Å². The Morgan fingerprint density at radius 2 is 2.33 bits per heavy atom. The molecule has 1 aromatic rings. The summed E-state index contributed by atoms with van der Waals surface area (Å²) >= 11 is 3.36. The molecule has 1 aromatic carbocycles. The Kier molecular flexibility index (Phi) is 3.72. The number of aliphatic hydroxyl groups excluding tert-OH is 1. The van der Waals surface area contributed by atoms with E-state index < -0.39 is 6.23 Å². The molecule has 3 heteroatoms. The lowest BCUT2D eigenvalue weighted by molar-refractivity contribution is 0.149. The second kappa shape index (κ2) is 4.60. The fourth-order valence-electron chi connectivity index (χ4n) is 1.01. The molecule has 1 rings (SSSR count). The third-order valence-corrected chi connectivity index (χ3v) is 2.34. The van der Waals surface area contributed by atoms with E-state index in [1.165, 1.54) is 5.56 Å². The number of nitrogens with one attached hydrogen (secondary N) is 1. The summed E-state index contributed by atoms with van der Waals surface area (Å²) in [6, 6.07) is 7.82. The maximum Gasteiger partial charge on any atom is 0.130 e. The predicted molar refractivity (Wildman–Crippen MR) is 53.1 cm³/mol. The second-order valence-electron chi connectivity index (χ2n) is 2.57. The number of halogens is 1. The van der Waals surface area contributed by atoms with Crippen molar-refractivity contribution >= 4 is 15.9 Å². The van der Waals surface area contributed by atoms with Crippen LogP contribution in [0.1, 0.15) is 17.4 Å². The molecule has 0 saturated carbocycles. The van der Waals surface area contributed by atoms with E-state index in [-0.39, 0.29) is 0 Å². The molecule has 0 amide bonds. The zero-order valence-electron chi connectivity index (χ0n) is 6.92. The molecule has 66 valence electrons. The second-order valence-corrected chi connectivity index (χ2v) is 3.13. The van der Waals surface area contributed by atoms with E-state index in [0.717, 1.165) is 10.9 Å². The summed E-state index contributed by atoms with van der Waals surface area (Å²) in [4.78, 5) is 0. The van der Waals surface area contributed by atoms with Crippen molar-refractivity contribution in [3.8, 4) is 0 Å². The Morgan fingerprint density at radius 3 is 2.92 bits per heavy atom. The summed E-state index contributed by atoms with van der Waals surface area (Å²) in [7, 11) is 1.73. The Balaban J connectivity index is 2.86. The average Bonchev–Trinajstić information content (AvgIpc) is 2.17. The van der Waals surface area contributed by atoms with Crippen LogP contribution in [0.5, 0.6) is 0 Å². The van der Waals surface area contributed by atoms with Gasteiger partial charge in [0, 0.05) is 5.33 Å². The molecule has 0 bridgehead atoms. The van der Waals surface area contributed by atoms with Crippen LogP contribution in [0.25, 0.3) is 0 Å². The lowest BCUT2D eigenvalue weighted by Crippen LogP contribution is -2.15. The van der Waals surface area contributed by atoms with Crippen molar-refractivity contribution in [1.82, 2.24) is 5.32 Å². The number of rotatable bonds is 3. The molecule has 0 aliphatic rings. The van der Waals surface area contributed by atoms with Gasteiger partial charge in [0.2, 0.25) is 0 Å². The van der Waals surface area contributed by atoms with Gasteiger partial charge in [0.15, 0.2) is 0 Å². The van der Waals surface area contributed by atoms with E-state index >= 15 is 0 Å². The van der Waals surface area contributed by atoms with Gasteiger partial charge in [-0.2, -0.15) is 0 Å². The molecule has 0 heterocycles. The Hall–Kier alpha value is -0.380. The number of benzene rings is 1. The van der Waals surface area contributed by atoms with Crippen molar-refractivity contribution in [2.24, 2.45) is 0 Å². The van der Waals surface area contributed by atoms with E-state index in [9.17, 15) is 5.11 Å². The van der Waals surface area contributed by atoms with Crippen molar-refractivity contribution in [2.75, 3.05) is 7.05 Å².